The van der Waals surface area contributed by atoms with Crippen LogP contribution >= 0.6 is 11.6 Å². The summed E-state index contributed by atoms with van der Waals surface area (Å²) in [5, 5.41) is -0.0452. The highest BCUT2D eigenvalue weighted by molar-refractivity contribution is 6.20. The smallest absolute Gasteiger partial charge is 0.257 e. The van der Waals surface area contributed by atoms with E-state index in [9.17, 15) is 4.79 Å². The van der Waals surface area contributed by atoms with Gasteiger partial charge in [0.2, 0.25) is 0 Å². The number of halogens is 1. The molecule has 0 fully saturated rings. The van der Waals surface area contributed by atoms with Gasteiger partial charge in [0.15, 0.2) is 0 Å². The minimum atomic E-state index is -0.0521. The third kappa shape index (κ3) is 2.51. The van der Waals surface area contributed by atoms with Crippen LogP contribution in [0.25, 0.3) is 0 Å². The molecule has 0 radical (unpaired) electrons. The van der Waals surface area contributed by atoms with Gasteiger partial charge < -0.3 is 9.32 Å². The zero-order valence-electron chi connectivity index (χ0n) is 8.58. The quantitative estimate of drug-likeness (QED) is 0.725. The molecular formula is C10H14ClNO2. The van der Waals surface area contributed by atoms with Crippen LogP contribution < -0.4 is 0 Å². The highest BCUT2D eigenvalue weighted by Crippen LogP contribution is 2.11. The zero-order valence-corrected chi connectivity index (χ0v) is 9.34. The van der Waals surface area contributed by atoms with E-state index in [1.807, 2.05) is 6.92 Å². The van der Waals surface area contributed by atoms with Gasteiger partial charge >= 0.3 is 0 Å². The summed E-state index contributed by atoms with van der Waals surface area (Å²) in [7, 11) is 1.73. The van der Waals surface area contributed by atoms with Crippen LogP contribution in [0.4, 0.5) is 0 Å². The summed E-state index contributed by atoms with van der Waals surface area (Å²) in [6.45, 7) is 4.16. The predicted octanol–water partition coefficient (Wildman–Crippen LogP) is 2.29. The van der Waals surface area contributed by atoms with Gasteiger partial charge in [0.25, 0.3) is 5.91 Å². The first-order chi connectivity index (χ1) is 6.52. The van der Waals surface area contributed by atoms with Gasteiger partial charge in [0, 0.05) is 19.0 Å². The molecule has 0 saturated carbocycles. The van der Waals surface area contributed by atoms with Crippen molar-refractivity contribution < 1.29 is 9.21 Å². The standard InChI is InChI=1S/C10H14ClNO2/c1-7(11)6-12(3)10(13)9-4-5-14-8(9)2/h4-5,7H,6H2,1-3H3. The van der Waals surface area contributed by atoms with Crippen molar-refractivity contribution in [3.63, 3.8) is 0 Å². The Balaban J connectivity index is 2.71. The van der Waals surface area contributed by atoms with Gasteiger partial charge in [-0.15, -0.1) is 11.6 Å². The van der Waals surface area contributed by atoms with Crippen LogP contribution in [0.15, 0.2) is 16.7 Å². The molecule has 0 aliphatic rings. The second-order valence-corrected chi connectivity index (χ2v) is 4.10. The first-order valence-corrected chi connectivity index (χ1v) is 4.89. The molecule has 14 heavy (non-hydrogen) atoms. The van der Waals surface area contributed by atoms with E-state index in [1.165, 1.54) is 6.26 Å². The van der Waals surface area contributed by atoms with E-state index in [4.69, 9.17) is 16.0 Å². The number of carbonyl (C=O) groups is 1. The van der Waals surface area contributed by atoms with Crippen LogP contribution in [-0.2, 0) is 0 Å². The molecule has 4 heteroatoms. The number of hydrogen-bond acceptors (Lipinski definition) is 2. The van der Waals surface area contributed by atoms with Crippen LogP contribution in [0.5, 0.6) is 0 Å². The molecule has 1 aromatic rings. The summed E-state index contributed by atoms with van der Waals surface area (Å²) in [6.07, 6.45) is 1.51. The van der Waals surface area contributed by atoms with E-state index >= 15 is 0 Å². The van der Waals surface area contributed by atoms with E-state index < -0.39 is 0 Å². The fraction of sp³-hybridized carbons (Fsp3) is 0.500. The monoisotopic (exact) mass is 215 g/mol. The molecule has 1 aromatic heterocycles. The third-order valence-corrected chi connectivity index (χ3v) is 2.10. The van der Waals surface area contributed by atoms with E-state index in [0.29, 0.717) is 17.9 Å². The second-order valence-electron chi connectivity index (χ2n) is 3.36. The zero-order chi connectivity index (χ0) is 10.7. The van der Waals surface area contributed by atoms with Crippen LogP contribution in [0.2, 0.25) is 0 Å². The Morgan fingerprint density at radius 1 is 1.71 bits per heavy atom. The molecule has 0 bridgehead atoms. The van der Waals surface area contributed by atoms with Crippen molar-refractivity contribution in [2.45, 2.75) is 19.2 Å². The summed E-state index contributed by atoms with van der Waals surface area (Å²) in [6, 6.07) is 1.67. The molecule has 0 aromatic carbocycles. The van der Waals surface area contributed by atoms with E-state index in [-0.39, 0.29) is 11.3 Å². The van der Waals surface area contributed by atoms with Gasteiger partial charge in [-0.2, -0.15) is 0 Å². The summed E-state index contributed by atoms with van der Waals surface area (Å²) >= 11 is 5.80. The van der Waals surface area contributed by atoms with Crippen molar-refractivity contribution in [3.05, 3.63) is 23.7 Å². The Kier molecular flexibility index (Phi) is 3.58. The highest BCUT2D eigenvalue weighted by Gasteiger charge is 2.16. The molecule has 3 nitrogen and oxygen atoms in total. The van der Waals surface area contributed by atoms with Crippen LogP contribution in [0, 0.1) is 6.92 Å². The lowest BCUT2D eigenvalue weighted by Gasteiger charge is -2.17. The Labute approximate surface area is 88.6 Å². The van der Waals surface area contributed by atoms with E-state index in [0.717, 1.165) is 0 Å². The van der Waals surface area contributed by atoms with Crippen molar-refractivity contribution in [3.8, 4) is 0 Å². The van der Waals surface area contributed by atoms with Gasteiger partial charge in [-0.1, -0.05) is 0 Å². The number of nitrogens with zero attached hydrogens (tertiary/aromatic N) is 1. The van der Waals surface area contributed by atoms with Gasteiger partial charge in [-0.25, -0.2) is 0 Å². The third-order valence-electron chi connectivity index (χ3n) is 1.96. The highest BCUT2D eigenvalue weighted by atomic mass is 35.5. The molecule has 1 atom stereocenters. The van der Waals surface area contributed by atoms with E-state index in [2.05, 4.69) is 0 Å². The first-order valence-electron chi connectivity index (χ1n) is 4.46. The Hall–Kier alpha value is -0.960. The molecule has 78 valence electrons. The maximum Gasteiger partial charge on any atom is 0.257 e. The number of carbonyl (C=O) groups excluding carboxylic acids is 1. The minimum absolute atomic E-state index is 0.0452. The molecule has 0 saturated heterocycles. The lowest BCUT2D eigenvalue weighted by atomic mass is 10.2. The van der Waals surface area contributed by atoms with Crippen LogP contribution in [-0.4, -0.2) is 29.8 Å². The van der Waals surface area contributed by atoms with Crippen molar-refractivity contribution in [2.75, 3.05) is 13.6 Å². The van der Waals surface area contributed by atoms with Gasteiger partial charge in [0.05, 0.1) is 11.8 Å². The Morgan fingerprint density at radius 2 is 2.36 bits per heavy atom. The first kappa shape index (κ1) is 11.1. The van der Waals surface area contributed by atoms with Gasteiger partial charge in [-0.05, 0) is 19.9 Å². The van der Waals surface area contributed by atoms with E-state index in [1.54, 1.807) is 24.9 Å². The number of amides is 1. The van der Waals surface area contributed by atoms with Gasteiger partial charge in [0.1, 0.15) is 5.76 Å². The Bertz CT molecular complexity index is 320. The number of hydrogen-bond donors (Lipinski definition) is 0. The Morgan fingerprint density at radius 3 is 2.79 bits per heavy atom. The fourth-order valence-corrected chi connectivity index (χ4v) is 1.48. The molecule has 0 N–H and O–H groups in total. The number of furan rings is 1. The van der Waals surface area contributed by atoms with Crippen LogP contribution in [0.1, 0.15) is 23.0 Å². The SMILES string of the molecule is Cc1occc1C(=O)N(C)CC(C)Cl. The second kappa shape index (κ2) is 4.51. The lowest BCUT2D eigenvalue weighted by Crippen LogP contribution is -2.31. The van der Waals surface area contributed by atoms with Crippen molar-refractivity contribution in [1.29, 1.82) is 0 Å². The number of alkyl halides is 1. The molecule has 1 amide bonds. The minimum Gasteiger partial charge on any atom is -0.469 e. The maximum absolute atomic E-state index is 11.8. The van der Waals surface area contributed by atoms with Gasteiger partial charge in [-0.3, -0.25) is 4.79 Å². The number of rotatable bonds is 3. The average molecular weight is 216 g/mol. The number of aryl methyl sites for hydroxylation is 1. The molecule has 1 rings (SSSR count). The summed E-state index contributed by atoms with van der Waals surface area (Å²) in [5.41, 5.74) is 0.602. The summed E-state index contributed by atoms with van der Waals surface area (Å²) < 4.78 is 5.06. The molecule has 0 aliphatic carbocycles. The van der Waals surface area contributed by atoms with Crippen molar-refractivity contribution >= 4 is 17.5 Å². The average Bonchev–Trinajstić information content (AvgIpc) is 2.48. The summed E-state index contributed by atoms with van der Waals surface area (Å²) in [4.78, 5) is 13.4. The fourth-order valence-electron chi connectivity index (χ4n) is 1.27. The molecular weight excluding hydrogens is 202 g/mol. The molecule has 0 spiro atoms. The normalized spacial score (nSPS) is 12.6. The summed E-state index contributed by atoms with van der Waals surface area (Å²) in [5.74, 6) is 0.591. The topological polar surface area (TPSA) is 33.5 Å². The maximum atomic E-state index is 11.8. The molecule has 1 heterocycles. The molecule has 1 unspecified atom stereocenters. The predicted molar refractivity (Wildman–Crippen MR) is 55.7 cm³/mol. The largest absolute Gasteiger partial charge is 0.469 e. The lowest BCUT2D eigenvalue weighted by molar-refractivity contribution is 0.0794. The van der Waals surface area contributed by atoms with Crippen molar-refractivity contribution in [1.82, 2.24) is 4.90 Å². The van der Waals surface area contributed by atoms with Crippen LogP contribution in [0.3, 0.4) is 0 Å². The molecule has 0 aliphatic heterocycles. The van der Waals surface area contributed by atoms with Crippen molar-refractivity contribution in [2.24, 2.45) is 0 Å².